The van der Waals surface area contributed by atoms with Crippen molar-refractivity contribution in [2.75, 3.05) is 11.9 Å². The van der Waals surface area contributed by atoms with Gasteiger partial charge in [0.05, 0.1) is 23.5 Å². The molecular formula is C15H18N4O. The van der Waals surface area contributed by atoms with Gasteiger partial charge in [0.15, 0.2) is 0 Å². The van der Waals surface area contributed by atoms with Gasteiger partial charge >= 0.3 is 0 Å². The quantitative estimate of drug-likeness (QED) is 0.844. The maximum atomic E-state index is 12.0. The number of hydrogen-bond acceptors (Lipinski definition) is 4. The number of nitrogens with zero attached hydrogens (tertiary/aromatic N) is 2. The molecule has 0 spiro atoms. The van der Waals surface area contributed by atoms with Gasteiger partial charge in [0, 0.05) is 25.1 Å². The van der Waals surface area contributed by atoms with Crippen LogP contribution in [0.3, 0.4) is 0 Å². The van der Waals surface area contributed by atoms with E-state index in [9.17, 15) is 4.79 Å². The molecule has 2 aromatic heterocycles. The normalized spacial score (nSPS) is 10.1. The number of carbonyl (C=O) groups excluding carboxylic acids is 1. The van der Waals surface area contributed by atoms with Gasteiger partial charge in [-0.3, -0.25) is 14.8 Å². The Hall–Kier alpha value is -2.43. The molecule has 0 saturated heterocycles. The van der Waals surface area contributed by atoms with Crippen LogP contribution in [-0.2, 0) is 6.54 Å². The third-order valence-electron chi connectivity index (χ3n) is 2.74. The van der Waals surface area contributed by atoms with E-state index >= 15 is 0 Å². The smallest absolute Gasteiger partial charge is 0.253 e. The van der Waals surface area contributed by atoms with Crippen LogP contribution in [0.4, 0.5) is 5.69 Å². The average Bonchev–Trinajstić information content (AvgIpc) is 2.52. The van der Waals surface area contributed by atoms with Crippen LogP contribution in [0.25, 0.3) is 0 Å². The minimum Gasteiger partial charge on any atom is -0.384 e. The molecule has 0 atom stereocenters. The highest BCUT2D eigenvalue weighted by atomic mass is 16.1. The number of hydrogen-bond donors (Lipinski definition) is 2. The van der Waals surface area contributed by atoms with Gasteiger partial charge < -0.3 is 10.6 Å². The lowest BCUT2D eigenvalue weighted by Gasteiger charge is -2.07. The molecular weight excluding hydrogens is 252 g/mol. The van der Waals surface area contributed by atoms with E-state index in [0.29, 0.717) is 12.1 Å². The SMILES string of the molecule is CCCNc1cncc(C(=O)NCc2ccccn2)c1. The maximum absolute atomic E-state index is 12.0. The van der Waals surface area contributed by atoms with E-state index in [1.807, 2.05) is 18.2 Å². The van der Waals surface area contributed by atoms with Crippen molar-refractivity contribution in [1.29, 1.82) is 0 Å². The summed E-state index contributed by atoms with van der Waals surface area (Å²) in [6.45, 7) is 3.36. The van der Waals surface area contributed by atoms with Gasteiger partial charge in [-0.25, -0.2) is 0 Å². The monoisotopic (exact) mass is 270 g/mol. The minimum absolute atomic E-state index is 0.150. The summed E-state index contributed by atoms with van der Waals surface area (Å²) in [5.41, 5.74) is 2.23. The summed E-state index contributed by atoms with van der Waals surface area (Å²) >= 11 is 0. The third-order valence-corrected chi connectivity index (χ3v) is 2.74. The van der Waals surface area contributed by atoms with E-state index in [4.69, 9.17) is 0 Å². The molecule has 0 unspecified atom stereocenters. The van der Waals surface area contributed by atoms with E-state index in [1.54, 1.807) is 24.7 Å². The van der Waals surface area contributed by atoms with Gasteiger partial charge in [0.25, 0.3) is 5.91 Å². The first-order valence-electron chi connectivity index (χ1n) is 6.66. The summed E-state index contributed by atoms with van der Waals surface area (Å²) < 4.78 is 0. The molecule has 0 aliphatic rings. The Bertz CT molecular complexity index is 557. The van der Waals surface area contributed by atoms with Crippen LogP contribution in [-0.4, -0.2) is 22.4 Å². The molecule has 0 radical (unpaired) electrons. The van der Waals surface area contributed by atoms with Crippen molar-refractivity contribution in [2.24, 2.45) is 0 Å². The highest BCUT2D eigenvalue weighted by Crippen LogP contribution is 2.08. The molecule has 5 nitrogen and oxygen atoms in total. The number of aromatic nitrogens is 2. The highest BCUT2D eigenvalue weighted by molar-refractivity contribution is 5.94. The second-order valence-electron chi connectivity index (χ2n) is 4.39. The lowest BCUT2D eigenvalue weighted by atomic mass is 10.2. The summed E-state index contributed by atoms with van der Waals surface area (Å²) in [6, 6.07) is 7.41. The number of amides is 1. The molecule has 104 valence electrons. The van der Waals surface area contributed by atoms with E-state index in [1.165, 1.54) is 0 Å². The molecule has 0 bridgehead atoms. The van der Waals surface area contributed by atoms with Gasteiger partial charge in [0.2, 0.25) is 0 Å². The first-order chi connectivity index (χ1) is 9.79. The van der Waals surface area contributed by atoms with E-state index < -0.39 is 0 Å². The summed E-state index contributed by atoms with van der Waals surface area (Å²) in [4.78, 5) is 20.3. The van der Waals surface area contributed by atoms with Crippen LogP contribution < -0.4 is 10.6 Å². The van der Waals surface area contributed by atoms with Crippen molar-refractivity contribution in [2.45, 2.75) is 19.9 Å². The van der Waals surface area contributed by atoms with Gasteiger partial charge in [0.1, 0.15) is 0 Å². The average molecular weight is 270 g/mol. The molecule has 2 N–H and O–H groups in total. The predicted octanol–water partition coefficient (Wildman–Crippen LogP) is 2.23. The summed E-state index contributed by atoms with van der Waals surface area (Å²) in [6.07, 6.45) is 6.00. The van der Waals surface area contributed by atoms with Crippen molar-refractivity contribution in [1.82, 2.24) is 15.3 Å². The zero-order valence-corrected chi connectivity index (χ0v) is 11.5. The molecule has 5 heteroatoms. The molecule has 2 heterocycles. The van der Waals surface area contributed by atoms with Crippen molar-refractivity contribution in [3.63, 3.8) is 0 Å². The molecule has 0 fully saturated rings. The van der Waals surface area contributed by atoms with Gasteiger partial charge in [-0.1, -0.05) is 13.0 Å². The van der Waals surface area contributed by atoms with Crippen LogP contribution >= 0.6 is 0 Å². The largest absolute Gasteiger partial charge is 0.384 e. The molecule has 20 heavy (non-hydrogen) atoms. The van der Waals surface area contributed by atoms with Gasteiger partial charge in [-0.2, -0.15) is 0 Å². The Morgan fingerprint density at radius 2 is 2.20 bits per heavy atom. The summed E-state index contributed by atoms with van der Waals surface area (Å²) in [5, 5.41) is 6.04. The molecule has 0 aliphatic carbocycles. The molecule has 0 saturated carbocycles. The van der Waals surface area contributed by atoms with E-state index in [0.717, 1.165) is 24.3 Å². The lowest BCUT2D eigenvalue weighted by Crippen LogP contribution is -2.23. The Morgan fingerprint density at radius 1 is 1.30 bits per heavy atom. The van der Waals surface area contributed by atoms with E-state index in [-0.39, 0.29) is 5.91 Å². The van der Waals surface area contributed by atoms with Crippen molar-refractivity contribution >= 4 is 11.6 Å². The number of rotatable bonds is 6. The van der Waals surface area contributed by atoms with Crippen LogP contribution in [0.5, 0.6) is 0 Å². The first kappa shape index (κ1) is 14.0. The zero-order valence-electron chi connectivity index (χ0n) is 11.5. The topological polar surface area (TPSA) is 66.9 Å². The number of anilines is 1. The van der Waals surface area contributed by atoms with Crippen LogP contribution in [0.15, 0.2) is 42.9 Å². The van der Waals surface area contributed by atoms with Crippen LogP contribution in [0, 0.1) is 0 Å². The minimum atomic E-state index is -0.150. The zero-order chi connectivity index (χ0) is 14.2. The standard InChI is InChI=1S/C15H18N4O/c1-2-6-17-14-8-12(9-16-10-14)15(20)19-11-13-5-3-4-7-18-13/h3-5,7-10,17H,2,6,11H2,1H3,(H,19,20). The van der Waals surface area contributed by atoms with Gasteiger partial charge in [-0.05, 0) is 24.6 Å². The highest BCUT2D eigenvalue weighted by Gasteiger charge is 2.06. The van der Waals surface area contributed by atoms with Gasteiger partial charge in [-0.15, -0.1) is 0 Å². The fourth-order valence-corrected chi connectivity index (χ4v) is 1.71. The molecule has 0 aromatic carbocycles. The van der Waals surface area contributed by atoms with E-state index in [2.05, 4.69) is 27.5 Å². The van der Waals surface area contributed by atoms with Crippen molar-refractivity contribution < 1.29 is 4.79 Å². The Morgan fingerprint density at radius 3 is 2.95 bits per heavy atom. The fourth-order valence-electron chi connectivity index (χ4n) is 1.71. The summed E-state index contributed by atoms with van der Waals surface area (Å²) in [7, 11) is 0. The fraction of sp³-hybridized carbons (Fsp3) is 0.267. The molecule has 2 aromatic rings. The van der Waals surface area contributed by atoms with Crippen LogP contribution in [0.1, 0.15) is 29.4 Å². The Labute approximate surface area is 118 Å². The molecule has 0 aliphatic heterocycles. The molecule has 2 rings (SSSR count). The predicted molar refractivity (Wildman–Crippen MR) is 78.4 cm³/mol. The third kappa shape index (κ3) is 4.05. The van der Waals surface area contributed by atoms with Crippen LogP contribution in [0.2, 0.25) is 0 Å². The number of pyridine rings is 2. The number of carbonyl (C=O) groups is 1. The second kappa shape index (κ2) is 7.23. The second-order valence-corrected chi connectivity index (χ2v) is 4.39. The Kier molecular flexibility index (Phi) is 5.06. The van der Waals surface area contributed by atoms with Crippen molar-refractivity contribution in [3.05, 3.63) is 54.1 Å². The first-order valence-corrected chi connectivity index (χ1v) is 6.66. The number of nitrogens with one attached hydrogen (secondary N) is 2. The Balaban J connectivity index is 1.95. The molecule has 1 amide bonds. The maximum Gasteiger partial charge on any atom is 0.253 e. The summed E-state index contributed by atoms with van der Waals surface area (Å²) in [5.74, 6) is -0.150. The van der Waals surface area contributed by atoms with Crippen molar-refractivity contribution in [3.8, 4) is 0 Å². The lowest BCUT2D eigenvalue weighted by molar-refractivity contribution is 0.0950.